The summed E-state index contributed by atoms with van der Waals surface area (Å²) in [7, 11) is 0. The molecule has 2 saturated carbocycles. The lowest BCUT2D eigenvalue weighted by Gasteiger charge is -2.24. The number of thiocarbonyl (C=S) groups is 1. The molecule has 3 atom stereocenters. The van der Waals surface area contributed by atoms with Crippen LogP contribution in [-0.2, 0) is 0 Å². The number of rotatable bonds is 2. The Kier molecular flexibility index (Phi) is 3.11. The lowest BCUT2D eigenvalue weighted by atomic mass is 9.96. The average Bonchev–Trinajstić information content (AvgIpc) is 3.11. The first-order valence-corrected chi connectivity index (χ1v) is 8.43. The minimum atomic E-state index is 0.572. The van der Waals surface area contributed by atoms with Crippen molar-refractivity contribution in [1.82, 2.24) is 10.3 Å². The van der Waals surface area contributed by atoms with E-state index in [1.165, 1.54) is 30.4 Å². The molecule has 5 heteroatoms. The number of anilines is 1. The molecule has 0 spiro atoms. The Balaban J connectivity index is 1.42. The quantitative estimate of drug-likeness (QED) is 0.828. The lowest BCUT2D eigenvalue weighted by molar-refractivity contribution is 0.392. The molecule has 0 amide bonds. The van der Waals surface area contributed by atoms with E-state index in [1.54, 1.807) is 11.3 Å². The molecular formula is C15H17N3S2. The molecule has 0 radical (unpaired) electrons. The molecule has 20 heavy (non-hydrogen) atoms. The number of aromatic nitrogens is 1. The Morgan fingerprint density at radius 3 is 2.90 bits per heavy atom. The van der Waals surface area contributed by atoms with Crippen molar-refractivity contribution < 1.29 is 0 Å². The Morgan fingerprint density at radius 1 is 1.25 bits per heavy atom. The molecule has 2 aliphatic rings. The van der Waals surface area contributed by atoms with Crippen molar-refractivity contribution in [2.75, 3.05) is 5.32 Å². The normalized spacial score (nSPS) is 27.9. The van der Waals surface area contributed by atoms with Gasteiger partial charge in [-0.15, -0.1) is 0 Å². The van der Waals surface area contributed by atoms with E-state index in [1.807, 2.05) is 18.2 Å². The standard InChI is InChI=1S/C15H17N3S2/c19-14(16-12-8-9-5-6-10(12)7-9)18-15-17-11-3-1-2-4-13(11)20-15/h1-4,9-10,12H,5-8H2,(H2,16,17,18,19). The molecule has 2 fully saturated rings. The van der Waals surface area contributed by atoms with Gasteiger partial charge in [-0.25, -0.2) is 4.98 Å². The van der Waals surface area contributed by atoms with Crippen molar-refractivity contribution in [3.63, 3.8) is 0 Å². The summed E-state index contributed by atoms with van der Waals surface area (Å²) in [5.74, 6) is 1.76. The van der Waals surface area contributed by atoms with Gasteiger partial charge in [0.25, 0.3) is 0 Å². The number of benzene rings is 1. The van der Waals surface area contributed by atoms with Gasteiger partial charge in [0.1, 0.15) is 0 Å². The zero-order valence-electron chi connectivity index (χ0n) is 11.1. The third kappa shape index (κ3) is 2.29. The van der Waals surface area contributed by atoms with Crippen molar-refractivity contribution in [2.45, 2.75) is 31.7 Å². The van der Waals surface area contributed by atoms with Gasteiger partial charge in [-0.05, 0) is 55.4 Å². The maximum Gasteiger partial charge on any atom is 0.190 e. The second-order valence-corrected chi connectivity index (χ2v) is 7.31. The van der Waals surface area contributed by atoms with Gasteiger partial charge >= 0.3 is 0 Å². The number of nitrogens with one attached hydrogen (secondary N) is 2. The predicted molar refractivity (Wildman–Crippen MR) is 88.2 cm³/mol. The van der Waals surface area contributed by atoms with E-state index >= 15 is 0 Å². The minimum absolute atomic E-state index is 0.572. The number of thiazole rings is 1. The summed E-state index contributed by atoms with van der Waals surface area (Å²) in [6.07, 6.45) is 5.46. The van der Waals surface area contributed by atoms with E-state index in [4.69, 9.17) is 12.2 Å². The van der Waals surface area contributed by atoms with E-state index in [0.717, 1.165) is 27.6 Å². The molecule has 2 N–H and O–H groups in total. The van der Waals surface area contributed by atoms with E-state index in [-0.39, 0.29) is 0 Å². The highest BCUT2D eigenvalue weighted by Crippen LogP contribution is 2.44. The van der Waals surface area contributed by atoms with Crippen LogP contribution in [0.4, 0.5) is 5.13 Å². The molecule has 1 aromatic carbocycles. The zero-order valence-corrected chi connectivity index (χ0v) is 12.8. The van der Waals surface area contributed by atoms with Gasteiger partial charge in [0, 0.05) is 6.04 Å². The summed E-state index contributed by atoms with van der Waals surface area (Å²) in [5, 5.41) is 8.34. The molecule has 2 aliphatic carbocycles. The molecule has 4 rings (SSSR count). The van der Waals surface area contributed by atoms with Crippen LogP contribution < -0.4 is 10.6 Å². The third-order valence-electron chi connectivity index (χ3n) is 4.57. The van der Waals surface area contributed by atoms with Crippen molar-refractivity contribution >= 4 is 44.0 Å². The summed E-state index contributed by atoms with van der Waals surface area (Å²) in [6, 6.07) is 8.74. The van der Waals surface area contributed by atoms with Crippen LogP contribution in [-0.4, -0.2) is 16.1 Å². The van der Waals surface area contributed by atoms with Gasteiger partial charge in [-0.2, -0.15) is 0 Å². The summed E-state index contributed by atoms with van der Waals surface area (Å²) in [5.41, 5.74) is 1.03. The molecule has 1 aromatic heterocycles. The van der Waals surface area contributed by atoms with Crippen molar-refractivity contribution in [3.05, 3.63) is 24.3 Å². The molecular weight excluding hydrogens is 286 g/mol. The van der Waals surface area contributed by atoms with Gasteiger partial charge in [-0.1, -0.05) is 29.9 Å². The summed E-state index contributed by atoms with van der Waals surface area (Å²) in [4.78, 5) is 4.56. The van der Waals surface area contributed by atoms with Crippen molar-refractivity contribution in [2.24, 2.45) is 11.8 Å². The second kappa shape index (κ2) is 4.97. The van der Waals surface area contributed by atoms with Gasteiger partial charge in [0.2, 0.25) is 0 Å². The van der Waals surface area contributed by atoms with Gasteiger partial charge in [-0.3, -0.25) is 0 Å². The van der Waals surface area contributed by atoms with Gasteiger partial charge < -0.3 is 10.6 Å². The number of para-hydroxylation sites is 1. The van der Waals surface area contributed by atoms with Crippen LogP contribution in [0.1, 0.15) is 25.7 Å². The molecule has 0 aliphatic heterocycles. The van der Waals surface area contributed by atoms with E-state index in [9.17, 15) is 0 Å². The largest absolute Gasteiger partial charge is 0.359 e. The number of nitrogens with zero attached hydrogens (tertiary/aromatic N) is 1. The zero-order chi connectivity index (χ0) is 13.5. The van der Waals surface area contributed by atoms with Crippen LogP contribution in [0.5, 0.6) is 0 Å². The van der Waals surface area contributed by atoms with Crippen LogP contribution in [0.3, 0.4) is 0 Å². The monoisotopic (exact) mass is 303 g/mol. The molecule has 2 bridgehead atoms. The Bertz CT molecular complexity index is 618. The molecule has 104 valence electrons. The van der Waals surface area contributed by atoms with Crippen molar-refractivity contribution in [1.29, 1.82) is 0 Å². The Morgan fingerprint density at radius 2 is 2.15 bits per heavy atom. The lowest BCUT2D eigenvalue weighted by Crippen LogP contribution is -2.40. The number of hydrogen-bond acceptors (Lipinski definition) is 3. The number of fused-ring (bicyclic) bond motifs is 3. The van der Waals surface area contributed by atoms with Crippen LogP contribution in [0.25, 0.3) is 10.2 Å². The maximum atomic E-state index is 5.44. The van der Waals surface area contributed by atoms with Crippen LogP contribution in [0.15, 0.2) is 24.3 Å². The Hall–Kier alpha value is -1.20. The van der Waals surface area contributed by atoms with Crippen LogP contribution in [0, 0.1) is 11.8 Å². The van der Waals surface area contributed by atoms with E-state index < -0.39 is 0 Å². The summed E-state index contributed by atoms with van der Waals surface area (Å²) in [6.45, 7) is 0. The fraction of sp³-hybridized carbons (Fsp3) is 0.467. The fourth-order valence-electron chi connectivity index (χ4n) is 3.65. The molecule has 2 aromatic rings. The Labute approximate surface area is 127 Å². The molecule has 0 saturated heterocycles. The van der Waals surface area contributed by atoms with Gasteiger partial charge in [0.05, 0.1) is 10.2 Å². The highest BCUT2D eigenvalue weighted by atomic mass is 32.1. The SMILES string of the molecule is S=C(Nc1nc2ccccc2s1)NC1CC2CCC1C2. The smallest absolute Gasteiger partial charge is 0.190 e. The van der Waals surface area contributed by atoms with Gasteiger partial charge in [0.15, 0.2) is 10.2 Å². The van der Waals surface area contributed by atoms with Crippen LogP contribution in [0.2, 0.25) is 0 Å². The number of hydrogen-bond donors (Lipinski definition) is 2. The second-order valence-electron chi connectivity index (χ2n) is 5.87. The van der Waals surface area contributed by atoms with E-state index in [0.29, 0.717) is 6.04 Å². The first kappa shape index (κ1) is 12.5. The average molecular weight is 303 g/mol. The minimum Gasteiger partial charge on any atom is -0.359 e. The fourth-order valence-corrected chi connectivity index (χ4v) is 4.83. The highest BCUT2D eigenvalue weighted by molar-refractivity contribution is 7.80. The summed E-state index contributed by atoms with van der Waals surface area (Å²) >= 11 is 7.09. The molecule has 3 nitrogen and oxygen atoms in total. The van der Waals surface area contributed by atoms with Crippen molar-refractivity contribution in [3.8, 4) is 0 Å². The topological polar surface area (TPSA) is 37.0 Å². The molecule has 3 unspecified atom stereocenters. The van der Waals surface area contributed by atoms with E-state index in [2.05, 4.69) is 21.7 Å². The summed E-state index contributed by atoms with van der Waals surface area (Å²) < 4.78 is 1.19. The predicted octanol–water partition coefficient (Wildman–Crippen LogP) is 3.77. The highest BCUT2D eigenvalue weighted by Gasteiger charge is 2.39. The maximum absolute atomic E-state index is 5.44. The third-order valence-corrected chi connectivity index (χ3v) is 5.74. The molecule has 1 heterocycles. The first-order chi connectivity index (χ1) is 9.78. The first-order valence-electron chi connectivity index (χ1n) is 7.21. The van der Waals surface area contributed by atoms with Crippen LogP contribution >= 0.6 is 23.6 Å².